The number of benzene rings is 1. The van der Waals surface area contributed by atoms with Gasteiger partial charge in [-0.25, -0.2) is 0 Å². The largest absolute Gasteiger partial charge is 0.409 e. The Hall–Kier alpha value is -1.75. The highest BCUT2D eigenvalue weighted by atomic mass is 35.5. The second kappa shape index (κ2) is 5.54. The van der Waals surface area contributed by atoms with E-state index in [2.05, 4.69) is 5.16 Å². The summed E-state index contributed by atoms with van der Waals surface area (Å²) in [5.41, 5.74) is 6.70. The zero-order chi connectivity index (χ0) is 13.0. The molecular weight excluding hydrogens is 242 g/mol. The molecule has 1 aromatic carbocycles. The van der Waals surface area contributed by atoms with Crippen molar-refractivity contribution in [3.05, 3.63) is 34.3 Å². The van der Waals surface area contributed by atoms with Gasteiger partial charge in [0.1, 0.15) is 0 Å². The standard InChI is InChI=1S/C11H14ClN3O2/c1-7-3-4-8(9(12)5-7)11(16)15(2)6-10(13)14-17/h3-5,17H,6H2,1-2H3,(H2,13,14). The van der Waals surface area contributed by atoms with E-state index >= 15 is 0 Å². The van der Waals surface area contributed by atoms with Gasteiger partial charge in [0.15, 0.2) is 5.84 Å². The van der Waals surface area contributed by atoms with E-state index in [1.165, 1.54) is 4.90 Å². The predicted molar refractivity (Wildman–Crippen MR) is 66.6 cm³/mol. The summed E-state index contributed by atoms with van der Waals surface area (Å²) in [6.07, 6.45) is 0. The van der Waals surface area contributed by atoms with Crippen LogP contribution in [0.5, 0.6) is 0 Å². The molecule has 0 aliphatic carbocycles. The lowest BCUT2D eigenvalue weighted by atomic mass is 10.1. The molecule has 92 valence electrons. The molecule has 1 amide bonds. The maximum atomic E-state index is 12.0. The van der Waals surface area contributed by atoms with Crippen molar-refractivity contribution >= 4 is 23.3 Å². The van der Waals surface area contributed by atoms with Gasteiger partial charge < -0.3 is 15.8 Å². The van der Waals surface area contributed by atoms with Gasteiger partial charge in [-0.3, -0.25) is 4.79 Å². The summed E-state index contributed by atoms with van der Waals surface area (Å²) in [5.74, 6) is -0.314. The molecule has 17 heavy (non-hydrogen) atoms. The molecule has 0 aliphatic rings. The van der Waals surface area contributed by atoms with E-state index in [9.17, 15) is 4.79 Å². The minimum Gasteiger partial charge on any atom is -0.409 e. The number of amides is 1. The lowest BCUT2D eigenvalue weighted by Crippen LogP contribution is -2.35. The Kier molecular flexibility index (Phi) is 4.34. The van der Waals surface area contributed by atoms with Crippen LogP contribution in [0.2, 0.25) is 5.02 Å². The average molecular weight is 256 g/mol. The van der Waals surface area contributed by atoms with E-state index in [-0.39, 0.29) is 18.3 Å². The molecule has 0 bridgehead atoms. The molecule has 0 unspecified atom stereocenters. The zero-order valence-corrected chi connectivity index (χ0v) is 10.4. The molecule has 3 N–H and O–H groups in total. The number of carbonyl (C=O) groups excluding carboxylic acids is 1. The van der Waals surface area contributed by atoms with E-state index in [1.807, 2.05) is 6.92 Å². The van der Waals surface area contributed by atoms with Crippen LogP contribution in [0.25, 0.3) is 0 Å². The van der Waals surface area contributed by atoms with Gasteiger partial charge in [0.05, 0.1) is 17.1 Å². The average Bonchev–Trinajstić information content (AvgIpc) is 2.28. The molecule has 0 saturated heterocycles. The molecule has 0 aromatic heterocycles. The topological polar surface area (TPSA) is 78.9 Å². The number of carbonyl (C=O) groups is 1. The number of oxime groups is 1. The number of rotatable bonds is 3. The summed E-state index contributed by atoms with van der Waals surface area (Å²) in [6.45, 7) is 1.93. The second-order valence-electron chi connectivity index (χ2n) is 3.74. The van der Waals surface area contributed by atoms with Crippen LogP contribution >= 0.6 is 11.6 Å². The molecule has 6 heteroatoms. The van der Waals surface area contributed by atoms with Crippen molar-refractivity contribution in [1.82, 2.24) is 4.90 Å². The van der Waals surface area contributed by atoms with Gasteiger partial charge in [-0.1, -0.05) is 22.8 Å². The normalized spacial score (nSPS) is 11.4. The first-order valence-corrected chi connectivity index (χ1v) is 5.31. The fourth-order valence-electron chi connectivity index (χ4n) is 1.35. The first kappa shape index (κ1) is 13.3. The Morgan fingerprint density at radius 3 is 2.76 bits per heavy atom. The zero-order valence-electron chi connectivity index (χ0n) is 9.64. The molecule has 0 saturated carbocycles. The van der Waals surface area contributed by atoms with Gasteiger partial charge in [0.2, 0.25) is 0 Å². The Morgan fingerprint density at radius 2 is 2.24 bits per heavy atom. The van der Waals surface area contributed by atoms with E-state index in [0.717, 1.165) is 5.56 Å². The Labute approximate surface area is 104 Å². The lowest BCUT2D eigenvalue weighted by molar-refractivity contribution is 0.0814. The Bertz CT molecular complexity index is 460. The molecule has 0 heterocycles. The number of aryl methyl sites for hydroxylation is 1. The third-order valence-corrected chi connectivity index (χ3v) is 2.54. The van der Waals surface area contributed by atoms with Crippen molar-refractivity contribution in [1.29, 1.82) is 0 Å². The number of likely N-dealkylation sites (N-methyl/N-ethyl adjacent to an activating group) is 1. The SMILES string of the molecule is Cc1ccc(C(=O)N(C)C/C(N)=N/O)c(Cl)c1. The molecule has 0 fully saturated rings. The summed E-state index contributed by atoms with van der Waals surface area (Å²) in [7, 11) is 1.55. The number of nitrogens with two attached hydrogens (primary N) is 1. The summed E-state index contributed by atoms with van der Waals surface area (Å²) in [4.78, 5) is 13.3. The summed E-state index contributed by atoms with van der Waals surface area (Å²) >= 11 is 5.98. The molecule has 0 aliphatic heterocycles. The van der Waals surface area contributed by atoms with Crippen LogP contribution in [-0.4, -0.2) is 35.4 Å². The molecular formula is C11H14ClN3O2. The van der Waals surface area contributed by atoms with Crippen molar-refractivity contribution in [2.24, 2.45) is 10.9 Å². The molecule has 5 nitrogen and oxygen atoms in total. The van der Waals surface area contributed by atoms with Crippen LogP contribution in [0, 0.1) is 6.92 Å². The highest BCUT2D eigenvalue weighted by Crippen LogP contribution is 2.18. The number of nitrogens with zero attached hydrogens (tertiary/aromatic N) is 2. The molecule has 1 aromatic rings. The van der Waals surface area contributed by atoms with E-state index in [1.54, 1.807) is 25.2 Å². The van der Waals surface area contributed by atoms with Crippen molar-refractivity contribution in [2.75, 3.05) is 13.6 Å². The van der Waals surface area contributed by atoms with Crippen LogP contribution in [0.15, 0.2) is 23.4 Å². The van der Waals surface area contributed by atoms with Gasteiger partial charge >= 0.3 is 0 Å². The van der Waals surface area contributed by atoms with Crippen molar-refractivity contribution < 1.29 is 10.0 Å². The van der Waals surface area contributed by atoms with Gasteiger partial charge in [-0.15, -0.1) is 0 Å². The van der Waals surface area contributed by atoms with E-state index in [0.29, 0.717) is 10.6 Å². The van der Waals surface area contributed by atoms with Crippen molar-refractivity contribution in [3.8, 4) is 0 Å². The van der Waals surface area contributed by atoms with Gasteiger partial charge in [0, 0.05) is 7.05 Å². The van der Waals surface area contributed by atoms with Crippen LogP contribution < -0.4 is 5.73 Å². The third kappa shape index (κ3) is 3.35. The number of halogens is 1. The van der Waals surface area contributed by atoms with Crippen LogP contribution in [-0.2, 0) is 0 Å². The Morgan fingerprint density at radius 1 is 1.59 bits per heavy atom. The second-order valence-corrected chi connectivity index (χ2v) is 4.14. The third-order valence-electron chi connectivity index (χ3n) is 2.23. The maximum Gasteiger partial charge on any atom is 0.255 e. The van der Waals surface area contributed by atoms with E-state index < -0.39 is 0 Å². The smallest absolute Gasteiger partial charge is 0.255 e. The quantitative estimate of drug-likeness (QED) is 0.372. The van der Waals surface area contributed by atoms with Crippen LogP contribution in [0.1, 0.15) is 15.9 Å². The molecule has 1 rings (SSSR count). The predicted octanol–water partition coefficient (Wildman–Crippen LogP) is 1.47. The first-order chi connectivity index (χ1) is 7.95. The lowest BCUT2D eigenvalue weighted by Gasteiger charge is -2.17. The molecule has 0 atom stereocenters. The van der Waals surface area contributed by atoms with Crippen molar-refractivity contribution in [2.45, 2.75) is 6.92 Å². The first-order valence-electron chi connectivity index (χ1n) is 4.93. The summed E-state index contributed by atoms with van der Waals surface area (Å²) < 4.78 is 0. The fraction of sp³-hybridized carbons (Fsp3) is 0.273. The van der Waals surface area contributed by atoms with E-state index in [4.69, 9.17) is 22.5 Å². The van der Waals surface area contributed by atoms with Crippen LogP contribution in [0.4, 0.5) is 0 Å². The molecule has 0 radical (unpaired) electrons. The highest BCUT2D eigenvalue weighted by Gasteiger charge is 2.15. The number of amidine groups is 1. The van der Waals surface area contributed by atoms with Gasteiger partial charge in [0.25, 0.3) is 5.91 Å². The van der Waals surface area contributed by atoms with Crippen molar-refractivity contribution in [3.63, 3.8) is 0 Å². The number of hydrogen-bond donors (Lipinski definition) is 2. The summed E-state index contributed by atoms with van der Waals surface area (Å²) in [6, 6.07) is 5.17. The Balaban J connectivity index is 2.89. The highest BCUT2D eigenvalue weighted by molar-refractivity contribution is 6.33. The minimum absolute atomic E-state index is 0.0379. The van der Waals surface area contributed by atoms with Crippen LogP contribution in [0.3, 0.4) is 0 Å². The fourth-order valence-corrected chi connectivity index (χ4v) is 1.66. The summed E-state index contributed by atoms with van der Waals surface area (Å²) in [5, 5.41) is 11.6. The minimum atomic E-state index is -0.276. The van der Waals surface area contributed by atoms with Gasteiger partial charge in [-0.05, 0) is 24.6 Å². The van der Waals surface area contributed by atoms with Gasteiger partial charge in [-0.2, -0.15) is 0 Å². The number of hydrogen-bond acceptors (Lipinski definition) is 3. The maximum absolute atomic E-state index is 12.0. The monoisotopic (exact) mass is 255 g/mol. The molecule has 0 spiro atoms.